The van der Waals surface area contributed by atoms with E-state index < -0.39 is 10.8 Å². The van der Waals surface area contributed by atoms with Crippen LogP contribution >= 0.6 is 34.5 Å². The van der Waals surface area contributed by atoms with E-state index in [1.807, 2.05) is 0 Å². The molecule has 1 aromatic heterocycles. The van der Waals surface area contributed by atoms with Crippen molar-refractivity contribution in [3.8, 4) is 6.07 Å². The fourth-order valence-electron chi connectivity index (χ4n) is 1.88. The minimum Gasteiger partial charge on any atom is -0.258 e. The number of nitrogens with zero attached hydrogens (tertiary/aromatic N) is 2. The van der Waals surface area contributed by atoms with Crippen LogP contribution in [0, 0.1) is 28.4 Å². The van der Waals surface area contributed by atoms with Crippen LogP contribution in [0.3, 0.4) is 0 Å². The van der Waals surface area contributed by atoms with Crippen molar-refractivity contribution < 1.29 is 4.92 Å². The molecule has 0 saturated carbocycles. The molecule has 1 unspecified atom stereocenters. The summed E-state index contributed by atoms with van der Waals surface area (Å²) in [4.78, 5) is 11.1. The van der Waals surface area contributed by atoms with Gasteiger partial charge < -0.3 is 0 Å². The van der Waals surface area contributed by atoms with E-state index in [0.29, 0.717) is 15.5 Å². The molecule has 0 aliphatic rings. The summed E-state index contributed by atoms with van der Waals surface area (Å²) in [5, 5.41) is 20.4. The Kier molecular flexibility index (Phi) is 4.29. The van der Waals surface area contributed by atoms with Crippen molar-refractivity contribution in [2.45, 2.75) is 12.8 Å². The molecule has 1 heterocycles. The summed E-state index contributed by atoms with van der Waals surface area (Å²) in [6.07, 6.45) is 0. The van der Waals surface area contributed by atoms with E-state index in [4.69, 9.17) is 23.2 Å². The maximum atomic E-state index is 10.9. The van der Waals surface area contributed by atoms with Gasteiger partial charge in [-0.05, 0) is 30.7 Å². The number of thiophene rings is 1. The fraction of sp³-hybridized carbons (Fsp3) is 0.154. The second-order valence-corrected chi connectivity index (χ2v) is 6.28. The van der Waals surface area contributed by atoms with Gasteiger partial charge in [-0.25, -0.2) is 0 Å². The number of halogens is 2. The van der Waals surface area contributed by atoms with Gasteiger partial charge in [-0.2, -0.15) is 5.26 Å². The van der Waals surface area contributed by atoms with E-state index in [9.17, 15) is 15.4 Å². The van der Waals surface area contributed by atoms with Crippen molar-refractivity contribution in [3.05, 3.63) is 59.7 Å². The Morgan fingerprint density at radius 1 is 1.40 bits per heavy atom. The molecule has 102 valence electrons. The van der Waals surface area contributed by atoms with E-state index >= 15 is 0 Å². The summed E-state index contributed by atoms with van der Waals surface area (Å²) in [5.74, 6) is -0.584. The molecule has 0 amide bonds. The smallest absolute Gasteiger partial charge is 0.258 e. The summed E-state index contributed by atoms with van der Waals surface area (Å²) >= 11 is 13.3. The number of hydrogen-bond acceptors (Lipinski definition) is 4. The maximum Gasteiger partial charge on any atom is 0.273 e. The van der Waals surface area contributed by atoms with Crippen molar-refractivity contribution in [2.75, 3.05) is 0 Å². The van der Waals surface area contributed by atoms with Crippen LogP contribution in [0.4, 0.5) is 5.69 Å². The first kappa shape index (κ1) is 14.8. The molecule has 0 saturated heterocycles. The van der Waals surface area contributed by atoms with Gasteiger partial charge in [-0.3, -0.25) is 10.1 Å². The average Bonchev–Trinajstić information content (AvgIpc) is 2.80. The van der Waals surface area contributed by atoms with Crippen LogP contribution in [0.2, 0.25) is 9.36 Å². The van der Waals surface area contributed by atoms with Gasteiger partial charge >= 0.3 is 0 Å². The van der Waals surface area contributed by atoms with Gasteiger partial charge in [-0.15, -0.1) is 11.3 Å². The van der Waals surface area contributed by atoms with Gasteiger partial charge in [0.1, 0.15) is 5.92 Å². The molecule has 1 atom stereocenters. The van der Waals surface area contributed by atoms with Crippen LogP contribution in [0.5, 0.6) is 0 Å². The average molecular weight is 327 g/mol. The first-order valence-corrected chi connectivity index (χ1v) is 7.10. The van der Waals surface area contributed by atoms with E-state index in [2.05, 4.69) is 6.07 Å². The second-order valence-electron chi connectivity index (χ2n) is 4.12. The largest absolute Gasteiger partial charge is 0.273 e. The normalized spacial score (nSPS) is 11.9. The van der Waals surface area contributed by atoms with Crippen LogP contribution in [0.15, 0.2) is 24.3 Å². The van der Waals surface area contributed by atoms with Gasteiger partial charge in [0, 0.05) is 16.5 Å². The zero-order chi connectivity index (χ0) is 14.9. The summed E-state index contributed by atoms with van der Waals surface area (Å²) in [5.41, 5.74) is 0.965. The number of nitro groups is 1. The van der Waals surface area contributed by atoms with Crippen LogP contribution in [-0.4, -0.2) is 4.92 Å². The molecular weight excluding hydrogens is 319 g/mol. The lowest BCUT2D eigenvalue weighted by Crippen LogP contribution is -2.00. The topological polar surface area (TPSA) is 66.9 Å². The Labute approximate surface area is 129 Å². The van der Waals surface area contributed by atoms with Crippen LogP contribution in [0.25, 0.3) is 0 Å². The first-order valence-electron chi connectivity index (χ1n) is 5.53. The predicted molar refractivity (Wildman–Crippen MR) is 79.6 cm³/mol. The number of nitriles is 1. The lowest BCUT2D eigenvalue weighted by molar-refractivity contribution is -0.385. The highest BCUT2D eigenvalue weighted by molar-refractivity contribution is 7.16. The monoisotopic (exact) mass is 326 g/mol. The van der Waals surface area contributed by atoms with E-state index in [-0.39, 0.29) is 10.7 Å². The highest BCUT2D eigenvalue weighted by Crippen LogP contribution is 2.37. The van der Waals surface area contributed by atoms with E-state index in [1.165, 1.54) is 17.4 Å². The fourth-order valence-corrected chi connectivity index (χ4v) is 3.27. The Bertz CT molecular complexity index is 722. The lowest BCUT2D eigenvalue weighted by Gasteiger charge is -2.11. The van der Waals surface area contributed by atoms with Crippen LogP contribution in [-0.2, 0) is 0 Å². The van der Waals surface area contributed by atoms with Gasteiger partial charge in [0.15, 0.2) is 0 Å². The van der Waals surface area contributed by atoms with E-state index in [1.54, 1.807) is 25.1 Å². The van der Waals surface area contributed by atoms with Crippen molar-refractivity contribution in [3.63, 3.8) is 0 Å². The second kappa shape index (κ2) is 5.80. The van der Waals surface area contributed by atoms with Gasteiger partial charge in [-0.1, -0.05) is 23.2 Å². The van der Waals surface area contributed by atoms with Crippen molar-refractivity contribution in [2.24, 2.45) is 0 Å². The third-order valence-corrected chi connectivity index (χ3v) is 4.45. The molecule has 20 heavy (non-hydrogen) atoms. The standard InChI is InChI=1S/C13H8Cl2N2O2S/c1-7-4-8(10(14)5-11(7)17(18)19)9(6-16)12-2-3-13(15)20-12/h2-5,9H,1H3. The summed E-state index contributed by atoms with van der Waals surface area (Å²) in [7, 11) is 0. The summed E-state index contributed by atoms with van der Waals surface area (Å²) in [6, 6.07) is 8.50. The van der Waals surface area contributed by atoms with Crippen LogP contribution in [0.1, 0.15) is 21.9 Å². The Morgan fingerprint density at radius 3 is 2.60 bits per heavy atom. The molecule has 0 aliphatic heterocycles. The summed E-state index contributed by atoms with van der Waals surface area (Å²) in [6.45, 7) is 1.62. The highest BCUT2D eigenvalue weighted by atomic mass is 35.5. The first-order chi connectivity index (χ1) is 9.43. The van der Waals surface area contributed by atoms with Gasteiger partial charge in [0.2, 0.25) is 0 Å². The Hall–Kier alpha value is -1.61. The van der Waals surface area contributed by atoms with E-state index in [0.717, 1.165) is 4.88 Å². The maximum absolute atomic E-state index is 10.9. The van der Waals surface area contributed by atoms with Gasteiger partial charge in [0.05, 0.1) is 20.4 Å². The highest BCUT2D eigenvalue weighted by Gasteiger charge is 2.22. The Balaban J connectivity index is 2.54. The molecule has 2 aromatic rings. The quantitative estimate of drug-likeness (QED) is 0.593. The van der Waals surface area contributed by atoms with Gasteiger partial charge in [0.25, 0.3) is 5.69 Å². The molecule has 0 N–H and O–H groups in total. The van der Waals surface area contributed by atoms with Crippen molar-refractivity contribution in [1.29, 1.82) is 5.26 Å². The molecule has 0 bridgehead atoms. The van der Waals surface area contributed by atoms with Crippen molar-refractivity contribution >= 4 is 40.2 Å². The molecule has 0 radical (unpaired) electrons. The number of aryl methyl sites for hydroxylation is 1. The number of nitro benzene ring substituents is 1. The molecule has 7 heteroatoms. The zero-order valence-corrected chi connectivity index (χ0v) is 12.6. The minimum absolute atomic E-state index is 0.0559. The lowest BCUT2D eigenvalue weighted by atomic mass is 9.96. The molecule has 4 nitrogen and oxygen atoms in total. The molecular formula is C13H8Cl2N2O2S. The molecule has 0 spiro atoms. The van der Waals surface area contributed by atoms with Crippen molar-refractivity contribution in [1.82, 2.24) is 0 Å². The molecule has 1 aromatic carbocycles. The third kappa shape index (κ3) is 2.78. The Morgan fingerprint density at radius 2 is 2.10 bits per heavy atom. The predicted octanol–water partition coefficient (Wildman–Crippen LogP) is 4.93. The molecule has 0 aliphatic carbocycles. The number of hydrogen-bond donors (Lipinski definition) is 0. The zero-order valence-electron chi connectivity index (χ0n) is 10.3. The number of rotatable bonds is 3. The van der Waals surface area contributed by atoms with Crippen LogP contribution < -0.4 is 0 Å². The molecule has 2 rings (SSSR count). The third-order valence-electron chi connectivity index (χ3n) is 2.83. The minimum atomic E-state index is -0.584. The molecule has 0 fully saturated rings. The number of benzene rings is 1. The summed E-state index contributed by atoms with van der Waals surface area (Å²) < 4.78 is 0.579. The SMILES string of the molecule is Cc1cc(C(C#N)c2ccc(Cl)s2)c(Cl)cc1[N+](=O)[O-].